The van der Waals surface area contributed by atoms with E-state index in [-0.39, 0.29) is 11.5 Å². The molecule has 2 aliphatic rings. The number of likely N-dealkylation sites (tertiary alicyclic amines) is 1. The van der Waals surface area contributed by atoms with E-state index >= 15 is 0 Å². The second-order valence-electron chi connectivity index (χ2n) is 6.76. The molecule has 1 spiro atoms. The van der Waals surface area contributed by atoms with Crippen molar-refractivity contribution in [3.63, 3.8) is 0 Å². The normalized spacial score (nSPS) is 24.6. The van der Waals surface area contributed by atoms with E-state index in [0.717, 1.165) is 50.2 Å². The minimum atomic E-state index is -0.707. The van der Waals surface area contributed by atoms with Crippen LogP contribution in [0.3, 0.4) is 0 Å². The third-order valence-electron chi connectivity index (χ3n) is 5.35. The maximum absolute atomic E-state index is 11.4. The van der Waals surface area contributed by atoms with Crippen molar-refractivity contribution in [2.24, 2.45) is 5.41 Å². The summed E-state index contributed by atoms with van der Waals surface area (Å²) in [4.78, 5) is 31.5. The van der Waals surface area contributed by atoms with Gasteiger partial charge in [-0.2, -0.15) is 0 Å². The number of carboxylic acids is 1. The quantitative estimate of drug-likeness (QED) is 0.842. The van der Waals surface area contributed by atoms with Gasteiger partial charge < -0.3 is 15.0 Å². The summed E-state index contributed by atoms with van der Waals surface area (Å²) in [6.07, 6.45) is 5.90. The molecule has 4 rings (SSSR count). The summed E-state index contributed by atoms with van der Waals surface area (Å²) in [6.45, 7) is 2.62. The summed E-state index contributed by atoms with van der Waals surface area (Å²) in [7, 11) is 1.92. The van der Waals surface area contributed by atoms with Crippen LogP contribution in [-0.2, 0) is 4.79 Å². The van der Waals surface area contributed by atoms with Gasteiger partial charge in [0.15, 0.2) is 11.5 Å². The molecule has 2 N–H and O–H groups in total. The van der Waals surface area contributed by atoms with Crippen LogP contribution >= 0.6 is 0 Å². The van der Waals surface area contributed by atoms with Gasteiger partial charge in [-0.3, -0.25) is 9.69 Å². The van der Waals surface area contributed by atoms with Crippen LogP contribution in [0.4, 0.5) is 5.82 Å². The monoisotopic (exact) mass is 316 g/mol. The highest BCUT2D eigenvalue weighted by atomic mass is 16.4. The minimum Gasteiger partial charge on any atom is -0.480 e. The second kappa shape index (κ2) is 5.16. The average molecular weight is 316 g/mol. The molecular formula is C15H20N6O2. The fourth-order valence-corrected chi connectivity index (χ4v) is 4.09. The van der Waals surface area contributed by atoms with E-state index in [1.165, 1.54) is 0 Å². The zero-order chi connectivity index (χ0) is 16.0. The molecule has 2 aliphatic heterocycles. The molecule has 2 saturated heterocycles. The van der Waals surface area contributed by atoms with Crippen molar-refractivity contribution in [2.45, 2.75) is 25.3 Å². The largest absolute Gasteiger partial charge is 0.480 e. The number of hydrogen-bond donors (Lipinski definition) is 2. The van der Waals surface area contributed by atoms with Gasteiger partial charge in [-0.1, -0.05) is 0 Å². The lowest BCUT2D eigenvalue weighted by Crippen LogP contribution is -2.41. The van der Waals surface area contributed by atoms with E-state index in [9.17, 15) is 9.90 Å². The molecule has 0 amide bonds. The van der Waals surface area contributed by atoms with Gasteiger partial charge >= 0.3 is 5.97 Å². The Morgan fingerprint density at radius 2 is 2.13 bits per heavy atom. The van der Waals surface area contributed by atoms with Gasteiger partial charge in [0.2, 0.25) is 0 Å². The first-order valence-corrected chi connectivity index (χ1v) is 7.90. The molecular weight excluding hydrogens is 296 g/mol. The van der Waals surface area contributed by atoms with Gasteiger partial charge in [-0.15, -0.1) is 0 Å². The number of aliphatic carboxylic acids is 1. The number of hydrogen-bond acceptors (Lipinski definition) is 6. The molecule has 8 nitrogen and oxygen atoms in total. The molecule has 0 radical (unpaired) electrons. The van der Waals surface area contributed by atoms with Crippen molar-refractivity contribution < 1.29 is 9.90 Å². The molecule has 2 aromatic heterocycles. The highest BCUT2D eigenvalue weighted by molar-refractivity contribution is 5.82. The number of anilines is 1. The van der Waals surface area contributed by atoms with Gasteiger partial charge in [0.25, 0.3) is 0 Å². The fraction of sp³-hybridized carbons (Fsp3) is 0.600. The highest BCUT2D eigenvalue weighted by Crippen LogP contribution is 2.43. The maximum atomic E-state index is 11.4. The molecule has 8 heteroatoms. The summed E-state index contributed by atoms with van der Waals surface area (Å²) in [6, 6.07) is -0.347. The third-order valence-corrected chi connectivity index (χ3v) is 5.35. The predicted molar refractivity (Wildman–Crippen MR) is 84.2 cm³/mol. The first-order valence-electron chi connectivity index (χ1n) is 7.90. The Labute approximate surface area is 133 Å². The van der Waals surface area contributed by atoms with E-state index < -0.39 is 5.97 Å². The van der Waals surface area contributed by atoms with Crippen LogP contribution in [-0.4, -0.2) is 68.6 Å². The second-order valence-corrected chi connectivity index (χ2v) is 6.76. The topological polar surface area (TPSA) is 98.2 Å². The van der Waals surface area contributed by atoms with E-state index in [0.29, 0.717) is 5.65 Å². The Kier molecular flexibility index (Phi) is 3.22. The number of H-pyrrole nitrogens is 1. The average Bonchev–Trinajstić information content (AvgIpc) is 3.13. The molecule has 1 atom stereocenters. The fourth-order valence-electron chi connectivity index (χ4n) is 4.09. The van der Waals surface area contributed by atoms with Crippen LogP contribution < -0.4 is 4.90 Å². The number of carbonyl (C=O) groups is 1. The number of imidazole rings is 1. The molecule has 1 unspecified atom stereocenters. The number of nitrogens with one attached hydrogen (secondary N) is 1. The Hall–Kier alpha value is -2.22. The summed E-state index contributed by atoms with van der Waals surface area (Å²) in [5.41, 5.74) is 1.67. The summed E-state index contributed by atoms with van der Waals surface area (Å²) < 4.78 is 0. The smallest absolute Gasteiger partial charge is 0.320 e. The molecule has 23 heavy (non-hydrogen) atoms. The van der Waals surface area contributed by atoms with Crippen LogP contribution in [0, 0.1) is 5.41 Å². The van der Waals surface area contributed by atoms with Crippen molar-refractivity contribution in [3.8, 4) is 0 Å². The van der Waals surface area contributed by atoms with Crippen LogP contribution in [0.1, 0.15) is 19.3 Å². The molecule has 2 aromatic rings. The minimum absolute atomic E-state index is 0.119. The number of piperidine rings is 1. The third kappa shape index (κ3) is 2.33. The molecule has 0 aliphatic carbocycles. The Morgan fingerprint density at radius 3 is 2.83 bits per heavy atom. The Bertz CT molecular complexity index is 736. The predicted octanol–water partition coefficient (Wildman–Crippen LogP) is 0.728. The molecule has 0 saturated carbocycles. The first-order chi connectivity index (χ1) is 11.1. The lowest BCUT2D eigenvalue weighted by Gasteiger charge is -2.39. The number of aromatic amines is 1. The molecule has 122 valence electrons. The molecule has 0 bridgehead atoms. The maximum Gasteiger partial charge on any atom is 0.320 e. The zero-order valence-corrected chi connectivity index (χ0v) is 13.1. The number of fused-ring (bicyclic) bond motifs is 1. The lowest BCUT2D eigenvalue weighted by molar-refractivity contribution is -0.141. The van der Waals surface area contributed by atoms with Crippen LogP contribution in [0.2, 0.25) is 0 Å². The number of nitrogens with zero attached hydrogens (tertiary/aromatic N) is 5. The highest BCUT2D eigenvalue weighted by Gasteiger charge is 2.46. The van der Waals surface area contributed by atoms with E-state index in [1.807, 2.05) is 11.9 Å². The van der Waals surface area contributed by atoms with E-state index in [4.69, 9.17) is 0 Å². The van der Waals surface area contributed by atoms with Crippen LogP contribution in [0.5, 0.6) is 0 Å². The van der Waals surface area contributed by atoms with Gasteiger partial charge in [0.05, 0.1) is 6.33 Å². The zero-order valence-electron chi connectivity index (χ0n) is 13.1. The van der Waals surface area contributed by atoms with E-state index in [2.05, 4.69) is 24.8 Å². The van der Waals surface area contributed by atoms with Crippen molar-refractivity contribution in [1.29, 1.82) is 0 Å². The van der Waals surface area contributed by atoms with Crippen molar-refractivity contribution >= 4 is 23.0 Å². The lowest BCUT2D eigenvalue weighted by atomic mass is 9.76. The van der Waals surface area contributed by atoms with Gasteiger partial charge in [-0.25, -0.2) is 15.0 Å². The standard InChI is InChI=1S/C15H20N6O2/c1-20-7-15(6-10(20)14(22)23)2-4-21(5-3-15)13-11-12(17-8-16-11)18-9-19-13/h8-10H,2-7H2,1H3,(H,22,23)(H,16,17,18,19). The summed E-state index contributed by atoms with van der Waals surface area (Å²) >= 11 is 0. The van der Waals surface area contributed by atoms with E-state index in [1.54, 1.807) is 12.7 Å². The first kappa shape index (κ1) is 14.4. The summed E-state index contributed by atoms with van der Waals surface area (Å²) in [5.74, 6) is 0.185. The van der Waals surface area contributed by atoms with Crippen molar-refractivity contribution in [2.75, 3.05) is 31.6 Å². The number of likely N-dealkylation sites (N-methyl/N-ethyl adjacent to an activating group) is 1. The molecule has 2 fully saturated rings. The van der Waals surface area contributed by atoms with Crippen LogP contribution in [0.25, 0.3) is 11.2 Å². The SMILES string of the molecule is CN1CC2(CCN(c3ncnc4nc[nH]c34)CC2)CC1C(=O)O. The number of carboxylic acid groups (broad SMARTS) is 1. The Morgan fingerprint density at radius 1 is 1.35 bits per heavy atom. The molecule has 0 aromatic carbocycles. The van der Waals surface area contributed by atoms with Gasteiger partial charge in [0.1, 0.15) is 17.9 Å². The Balaban J connectivity index is 1.52. The van der Waals surface area contributed by atoms with Crippen molar-refractivity contribution in [1.82, 2.24) is 24.8 Å². The number of aromatic nitrogens is 4. The van der Waals surface area contributed by atoms with Crippen molar-refractivity contribution in [3.05, 3.63) is 12.7 Å². The van der Waals surface area contributed by atoms with Gasteiger partial charge in [0, 0.05) is 19.6 Å². The molecule has 4 heterocycles. The number of rotatable bonds is 2. The summed E-state index contributed by atoms with van der Waals surface area (Å²) in [5, 5.41) is 9.34. The van der Waals surface area contributed by atoms with Gasteiger partial charge in [-0.05, 0) is 31.7 Å². The van der Waals surface area contributed by atoms with Crippen LogP contribution in [0.15, 0.2) is 12.7 Å².